The molecule has 0 aromatic heterocycles. The van der Waals surface area contributed by atoms with Crippen molar-refractivity contribution < 1.29 is 9.59 Å². The molecule has 0 spiro atoms. The lowest BCUT2D eigenvalue weighted by Gasteiger charge is -2.46. The van der Waals surface area contributed by atoms with Crippen molar-refractivity contribution in [2.45, 2.75) is 38.4 Å². The van der Waals surface area contributed by atoms with Crippen LogP contribution in [0.5, 0.6) is 0 Å². The first-order valence-corrected chi connectivity index (χ1v) is 11.5. The van der Waals surface area contributed by atoms with Gasteiger partial charge in [-0.05, 0) is 35.8 Å². The molecule has 3 heterocycles. The fourth-order valence-electron chi connectivity index (χ4n) is 5.72. The van der Waals surface area contributed by atoms with Gasteiger partial charge in [0.1, 0.15) is 6.04 Å². The first kappa shape index (κ1) is 22.9. The molecular weight excluding hydrogens is 418 g/mol. The number of nitrogens with zero attached hydrogens (tertiary/aromatic N) is 3. The summed E-state index contributed by atoms with van der Waals surface area (Å²) >= 11 is 0. The standard InChI is InChI=1S/C26H31N3O2.H2S/c30-25-12-11-24(29(25)19-21-9-5-2-6-10-21)26(31)28-17-22-13-23(18-28)16-27(15-22)14-20-7-3-1-4-8-20;/h1-10,22-24H,11-19H2;1H2/t22?,23?,24-;/m0./s1. The van der Waals surface area contributed by atoms with Gasteiger partial charge in [0.15, 0.2) is 0 Å². The Hall–Kier alpha value is -2.31. The number of hydrogen-bond donors (Lipinski definition) is 0. The SMILES string of the molecule is O=C([C@@H]1CCC(=O)N1Cc1ccccc1)N1CC2CC(CN(Cc3ccccc3)C2)C1.S. The molecule has 2 aromatic rings. The molecule has 170 valence electrons. The molecule has 0 radical (unpaired) electrons. The molecule has 3 aliphatic rings. The minimum atomic E-state index is -0.299. The van der Waals surface area contributed by atoms with Crippen molar-refractivity contribution in [2.24, 2.45) is 11.8 Å². The number of fused-ring (bicyclic) bond motifs is 2. The number of amides is 2. The third-order valence-electron chi connectivity index (χ3n) is 7.03. The number of rotatable bonds is 5. The lowest BCUT2D eigenvalue weighted by Crippen LogP contribution is -2.57. The summed E-state index contributed by atoms with van der Waals surface area (Å²) in [5, 5.41) is 0. The maximum absolute atomic E-state index is 13.5. The molecule has 32 heavy (non-hydrogen) atoms. The monoisotopic (exact) mass is 451 g/mol. The van der Waals surface area contributed by atoms with Crippen LogP contribution in [0.25, 0.3) is 0 Å². The Morgan fingerprint density at radius 1 is 0.812 bits per heavy atom. The lowest BCUT2D eigenvalue weighted by atomic mass is 9.84. The van der Waals surface area contributed by atoms with E-state index in [0.29, 0.717) is 31.2 Å². The Balaban J connectivity index is 0.00000245. The lowest BCUT2D eigenvalue weighted by molar-refractivity contribution is -0.145. The van der Waals surface area contributed by atoms with Crippen molar-refractivity contribution >= 4 is 25.3 Å². The minimum Gasteiger partial charge on any atom is -0.340 e. The Bertz CT molecular complexity index is 909. The summed E-state index contributed by atoms with van der Waals surface area (Å²) < 4.78 is 0. The molecule has 0 N–H and O–H groups in total. The van der Waals surface area contributed by atoms with Crippen molar-refractivity contribution in [3.63, 3.8) is 0 Å². The van der Waals surface area contributed by atoms with Crippen molar-refractivity contribution in [1.29, 1.82) is 0 Å². The highest BCUT2D eigenvalue weighted by Gasteiger charge is 2.42. The Morgan fingerprint density at radius 3 is 1.97 bits per heavy atom. The first-order chi connectivity index (χ1) is 15.2. The zero-order valence-corrected chi connectivity index (χ0v) is 19.5. The van der Waals surface area contributed by atoms with Gasteiger partial charge in [0.2, 0.25) is 11.8 Å². The summed E-state index contributed by atoms with van der Waals surface area (Å²) in [6.45, 7) is 5.26. The van der Waals surface area contributed by atoms with Crippen LogP contribution in [0.3, 0.4) is 0 Å². The summed E-state index contributed by atoms with van der Waals surface area (Å²) in [5.41, 5.74) is 2.44. The minimum absolute atomic E-state index is 0. The molecule has 3 aliphatic heterocycles. The van der Waals surface area contributed by atoms with Crippen LogP contribution in [-0.4, -0.2) is 58.7 Å². The molecule has 5 nitrogen and oxygen atoms in total. The first-order valence-electron chi connectivity index (χ1n) is 11.5. The normalized spacial score (nSPS) is 25.5. The summed E-state index contributed by atoms with van der Waals surface area (Å²) in [6.07, 6.45) is 2.34. The van der Waals surface area contributed by atoms with Gasteiger partial charge >= 0.3 is 0 Å². The van der Waals surface area contributed by atoms with Gasteiger partial charge in [0.25, 0.3) is 0 Å². The zero-order chi connectivity index (χ0) is 21.2. The second-order valence-corrected chi connectivity index (χ2v) is 9.45. The molecule has 2 aromatic carbocycles. The third kappa shape index (κ3) is 5.02. The summed E-state index contributed by atoms with van der Waals surface area (Å²) in [4.78, 5) is 32.4. The second kappa shape index (κ2) is 10.1. The topological polar surface area (TPSA) is 43.9 Å². The molecule has 6 heteroatoms. The van der Waals surface area contributed by atoms with E-state index < -0.39 is 0 Å². The van der Waals surface area contributed by atoms with Crippen molar-refractivity contribution in [3.8, 4) is 0 Å². The van der Waals surface area contributed by atoms with Gasteiger partial charge in [-0.3, -0.25) is 14.5 Å². The van der Waals surface area contributed by atoms with Crippen LogP contribution >= 0.6 is 13.5 Å². The molecule has 2 bridgehead atoms. The van der Waals surface area contributed by atoms with Crippen molar-refractivity contribution in [2.75, 3.05) is 26.2 Å². The molecule has 3 saturated heterocycles. The largest absolute Gasteiger partial charge is 0.340 e. The van der Waals surface area contributed by atoms with Crippen LogP contribution in [0.4, 0.5) is 0 Å². The fourth-order valence-corrected chi connectivity index (χ4v) is 5.72. The highest BCUT2D eigenvalue weighted by molar-refractivity contribution is 7.59. The van der Waals surface area contributed by atoms with Crippen LogP contribution in [0, 0.1) is 11.8 Å². The number of benzene rings is 2. The van der Waals surface area contributed by atoms with E-state index in [1.165, 1.54) is 12.0 Å². The van der Waals surface area contributed by atoms with Crippen LogP contribution in [0.2, 0.25) is 0 Å². The third-order valence-corrected chi connectivity index (χ3v) is 7.03. The van der Waals surface area contributed by atoms with E-state index in [0.717, 1.165) is 38.3 Å². The molecule has 3 fully saturated rings. The van der Waals surface area contributed by atoms with Gasteiger partial charge in [-0.25, -0.2) is 0 Å². The molecule has 2 unspecified atom stereocenters. The average Bonchev–Trinajstić information content (AvgIpc) is 3.14. The summed E-state index contributed by atoms with van der Waals surface area (Å²) in [7, 11) is 0. The number of likely N-dealkylation sites (tertiary alicyclic amines) is 3. The van der Waals surface area contributed by atoms with Crippen LogP contribution in [-0.2, 0) is 22.7 Å². The van der Waals surface area contributed by atoms with Crippen LogP contribution in [0.15, 0.2) is 60.7 Å². The Morgan fingerprint density at radius 2 is 1.38 bits per heavy atom. The van der Waals surface area contributed by atoms with E-state index >= 15 is 0 Å². The average molecular weight is 452 g/mol. The van der Waals surface area contributed by atoms with Crippen molar-refractivity contribution in [3.05, 3.63) is 71.8 Å². The van der Waals surface area contributed by atoms with Gasteiger partial charge in [0.05, 0.1) is 0 Å². The molecular formula is C26H33N3O2S. The van der Waals surface area contributed by atoms with Gasteiger partial charge in [-0.1, -0.05) is 60.7 Å². The number of carbonyl (C=O) groups excluding carboxylic acids is 2. The van der Waals surface area contributed by atoms with E-state index in [-0.39, 0.29) is 31.4 Å². The maximum atomic E-state index is 13.5. The maximum Gasteiger partial charge on any atom is 0.245 e. The van der Waals surface area contributed by atoms with Gasteiger partial charge in [-0.2, -0.15) is 13.5 Å². The molecule has 3 atom stereocenters. The molecule has 2 amide bonds. The number of carbonyl (C=O) groups is 2. The van der Waals surface area contributed by atoms with E-state index in [2.05, 4.69) is 40.1 Å². The number of hydrogen-bond acceptors (Lipinski definition) is 3. The molecule has 0 saturated carbocycles. The van der Waals surface area contributed by atoms with Gasteiger partial charge in [0, 0.05) is 45.7 Å². The highest BCUT2D eigenvalue weighted by atomic mass is 32.1. The predicted octanol–water partition coefficient (Wildman–Crippen LogP) is 3.27. The second-order valence-electron chi connectivity index (χ2n) is 9.45. The van der Waals surface area contributed by atoms with Crippen molar-refractivity contribution in [1.82, 2.24) is 14.7 Å². The predicted molar refractivity (Wildman–Crippen MR) is 130 cm³/mol. The fraction of sp³-hybridized carbons (Fsp3) is 0.462. The quantitative estimate of drug-likeness (QED) is 0.701. The number of piperidine rings is 2. The van der Waals surface area contributed by atoms with E-state index in [9.17, 15) is 9.59 Å². The van der Waals surface area contributed by atoms with E-state index in [4.69, 9.17) is 0 Å². The van der Waals surface area contributed by atoms with E-state index in [1.54, 1.807) is 0 Å². The zero-order valence-electron chi connectivity index (χ0n) is 18.5. The Labute approximate surface area is 197 Å². The summed E-state index contributed by atoms with van der Waals surface area (Å²) in [6, 6.07) is 20.4. The Kier molecular flexibility index (Phi) is 7.21. The van der Waals surface area contributed by atoms with Crippen LogP contribution < -0.4 is 0 Å². The molecule has 5 rings (SSSR count). The van der Waals surface area contributed by atoms with Gasteiger partial charge in [-0.15, -0.1) is 0 Å². The highest BCUT2D eigenvalue weighted by Crippen LogP contribution is 2.31. The van der Waals surface area contributed by atoms with Gasteiger partial charge < -0.3 is 9.80 Å². The molecule has 0 aliphatic carbocycles. The smallest absolute Gasteiger partial charge is 0.245 e. The van der Waals surface area contributed by atoms with Crippen LogP contribution in [0.1, 0.15) is 30.4 Å². The van der Waals surface area contributed by atoms with E-state index in [1.807, 2.05) is 35.2 Å². The summed E-state index contributed by atoms with van der Waals surface area (Å²) in [5.74, 6) is 1.32.